The van der Waals surface area contributed by atoms with E-state index in [1.807, 2.05) is 18.2 Å². The van der Waals surface area contributed by atoms with Crippen LogP contribution in [0.2, 0.25) is 0 Å². The minimum atomic E-state index is -0.0438. The van der Waals surface area contributed by atoms with Gasteiger partial charge in [-0.05, 0) is 54.7 Å². The summed E-state index contributed by atoms with van der Waals surface area (Å²) in [5.74, 6) is 0.535. The Bertz CT molecular complexity index is 774. The fourth-order valence-electron chi connectivity index (χ4n) is 2.98. The van der Waals surface area contributed by atoms with Crippen molar-refractivity contribution >= 4 is 34.8 Å². The predicted molar refractivity (Wildman–Crippen MR) is 96.9 cm³/mol. The van der Waals surface area contributed by atoms with Crippen LogP contribution in [0.3, 0.4) is 0 Å². The van der Waals surface area contributed by atoms with E-state index in [0.717, 1.165) is 47.3 Å². The first-order valence-electron chi connectivity index (χ1n) is 8.09. The molecule has 0 saturated carbocycles. The average Bonchev–Trinajstić information content (AvgIpc) is 3.09. The van der Waals surface area contributed by atoms with Crippen LogP contribution in [-0.2, 0) is 24.1 Å². The highest BCUT2D eigenvalue weighted by Crippen LogP contribution is 2.34. The van der Waals surface area contributed by atoms with E-state index >= 15 is 0 Å². The number of alkyl halides is 1. The molecule has 1 amide bonds. The second-order valence-electron chi connectivity index (χ2n) is 5.77. The van der Waals surface area contributed by atoms with Gasteiger partial charge in [0.1, 0.15) is 0 Å². The van der Waals surface area contributed by atoms with E-state index in [1.165, 1.54) is 11.3 Å². The molecule has 0 spiro atoms. The quantitative estimate of drug-likeness (QED) is 0.619. The summed E-state index contributed by atoms with van der Waals surface area (Å²) >= 11 is 5.84. The second-order valence-corrected chi connectivity index (χ2v) is 6.15. The molecule has 23 heavy (non-hydrogen) atoms. The first kappa shape index (κ1) is 15.9. The van der Waals surface area contributed by atoms with Crippen molar-refractivity contribution in [3.05, 3.63) is 52.3 Å². The SMILES string of the molecule is CCc1cc(CC)c(C=C2C(=O)Nc3ccc(CCCl)cc32)[nH]1. The van der Waals surface area contributed by atoms with E-state index in [-0.39, 0.29) is 5.91 Å². The molecule has 0 atom stereocenters. The second kappa shape index (κ2) is 6.63. The summed E-state index contributed by atoms with van der Waals surface area (Å²) in [7, 11) is 0. The number of H-pyrrole nitrogens is 1. The van der Waals surface area contributed by atoms with Gasteiger partial charge in [-0.3, -0.25) is 4.79 Å². The lowest BCUT2D eigenvalue weighted by Gasteiger charge is -2.03. The number of hydrogen-bond donors (Lipinski definition) is 2. The van der Waals surface area contributed by atoms with E-state index in [9.17, 15) is 4.79 Å². The normalized spacial score (nSPS) is 15.1. The van der Waals surface area contributed by atoms with Crippen LogP contribution in [-0.4, -0.2) is 16.8 Å². The van der Waals surface area contributed by atoms with Gasteiger partial charge in [-0.25, -0.2) is 0 Å². The third-order valence-corrected chi connectivity index (χ3v) is 4.48. The Morgan fingerprint density at radius 3 is 2.70 bits per heavy atom. The molecule has 0 aliphatic carbocycles. The third kappa shape index (κ3) is 3.06. The standard InChI is InChI=1S/C19H21ClN2O/c1-3-13-10-14(4-2)21-18(13)11-16-15-9-12(7-8-20)5-6-17(15)22-19(16)23/h5-6,9-11,21H,3-4,7-8H2,1-2H3,(H,22,23). The lowest BCUT2D eigenvalue weighted by atomic mass is 10.0. The van der Waals surface area contributed by atoms with Crippen LogP contribution in [0.15, 0.2) is 24.3 Å². The maximum absolute atomic E-state index is 12.4. The van der Waals surface area contributed by atoms with Gasteiger partial charge >= 0.3 is 0 Å². The summed E-state index contributed by atoms with van der Waals surface area (Å²) in [5, 5.41) is 2.94. The van der Waals surface area contributed by atoms with Crippen LogP contribution in [0.4, 0.5) is 5.69 Å². The van der Waals surface area contributed by atoms with Crippen LogP contribution in [0.5, 0.6) is 0 Å². The van der Waals surface area contributed by atoms with Gasteiger partial charge in [-0.15, -0.1) is 11.6 Å². The molecule has 0 fully saturated rings. The zero-order valence-electron chi connectivity index (χ0n) is 13.5. The van der Waals surface area contributed by atoms with Crippen molar-refractivity contribution in [1.82, 2.24) is 4.98 Å². The molecule has 120 valence electrons. The number of aromatic nitrogens is 1. The summed E-state index contributed by atoms with van der Waals surface area (Å²) in [6.45, 7) is 4.25. The van der Waals surface area contributed by atoms with Gasteiger partial charge in [-0.1, -0.05) is 19.9 Å². The number of anilines is 1. The predicted octanol–water partition coefficient (Wildman–Crippen LogP) is 4.41. The molecule has 2 N–H and O–H groups in total. The highest BCUT2D eigenvalue weighted by molar-refractivity contribution is 6.34. The number of aromatic amines is 1. The molecule has 3 rings (SSSR count). The molecular weight excluding hydrogens is 308 g/mol. The summed E-state index contributed by atoms with van der Waals surface area (Å²) in [4.78, 5) is 15.8. The van der Waals surface area contributed by atoms with E-state index in [2.05, 4.69) is 36.3 Å². The Morgan fingerprint density at radius 2 is 2.00 bits per heavy atom. The fourth-order valence-corrected chi connectivity index (χ4v) is 3.19. The molecule has 1 aliphatic heterocycles. The summed E-state index contributed by atoms with van der Waals surface area (Å²) < 4.78 is 0. The number of nitrogens with one attached hydrogen (secondary N) is 2. The van der Waals surface area contributed by atoms with Crippen LogP contribution < -0.4 is 5.32 Å². The molecule has 0 unspecified atom stereocenters. The minimum absolute atomic E-state index is 0.0438. The van der Waals surface area contributed by atoms with Crippen molar-refractivity contribution in [2.75, 3.05) is 11.2 Å². The number of benzene rings is 1. The minimum Gasteiger partial charge on any atom is -0.359 e. The van der Waals surface area contributed by atoms with Crippen molar-refractivity contribution < 1.29 is 4.79 Å². The van der Waals surface area contributed by atoms with Gasteiger partial charge < -0.3 is 10.3 Å². The van der Waals surface area contributed by atoms with Crippen LogP contribution in [0, 0.1) is 0 Å². The number of carbonyl (C=O) groups excluding carboxylic acids is 1. The van der Waals surface area contributed by atoms with Gasteiger partial charge in [0.2, 0.25) is 0 Å². The molecule has 0 bridgehead atoms. The number of halogens is 1. The van der Waals surface area contributed by atoms with E-state index in [1.54, 1.807) is 0 Å². The highest BCUT2D eigenvalue weighted by Gasteiger charge is 2.24. The third-order valence-electron chi connectivity index (χ3n) is 4.29. The fraction of sp³-hybridized carbons (Fsp3) is 0.316. The first-order valence-corrected chi connectivity index (χ1v) is 8.62. The molecule has 0 saturated heterocycles. The molecule has 2 heterocycles. The number of hydrogen-bond acceptors (Lipinski definition) is 1. The lowest BCUT2D eigenvalue weighted by molar-refractivity contribution is -0.110. The number of fused-ring (bicyclic) bond motifs is 1. The van der Waals surface area contributed by atoms with Crippen LogP contribution >= 0.6 is 11.6 Å². The summed E-state index contributed by atoms with van der Waals surface area (Å²) in [5.41, 5.74) is 7.18. The van der Waals surface area contributed by atoms with Crippen molar-refractivity contribution in [2.45, 2.75) is 33.1 Å². The highest BCUT2D eigenvalue weighted by atomic mass is 35.5. The van der Waals surface area contributed by atoms with Gasteiger partial charge in [0.25, 0.3) is 5.91 Å². The molecule has 1 aromatic heterocycles. The molecule has 1 aliphatic rings. The Labute approximate surface area is 141 Å². The first-order chi connectivity index (χ1) is 11.2. The van der Waals surface area contributed by atoms with Gasteiger partial charge in [0.05, 0.1) is 5.57 Å². The number of carbonyl (C=O) groups is 1. The Balaban J connectivity index is 2.05. The maximum atomic E-state index is 12.4. The molecule has 3 nitrogen and oxygen atoms in total. The maximum Gasteiger partial charge on any atom is 0.256 e. The summed E-state index contributed by atoms with van der Waals surface area (Å²) in [6.07, 6.45) is 4.68. The Hall–Kier alpha value is -2.00. The van der Waals surface area contributed by atoms with E-state index < -0.39 is 0 Å². The molecular formula is C19H21ClN2O. The number of aryl methyl sites for hydroxylation is 3. The largest absolute Gasteiger partial charge is 0.359 e. The topological polar surface area (TPSA) is 44.9 Å². The van der Waals surface area contributed by atoms with E-state index in [4.69, 9.17) is 11.6 Å². The van der Waals surface area contributed by atoms with Crippen molar-refractivity contribution in [2.24, 2.45) is 0 Å². The van der Waals surface area contributed by atoms with Crippen LogP contribution in [0.25, 0.3) is 11.6 Å². The van der Waals surface area contributed by atoms with Crippen molar-refractivity contribution in [3.63, 3.8) is 0 Å². The lowest BCUT2D eigenvalue weighted by Crippen LogP contribution is -2.03. The molecule has 0 radical (unpaired) electrons. The molecule has 1 aromatic carbocycles. The smallest absolute Gasteiger partial charge is 0.256 e. The van der Waals surface area contributed by atoms with Gasteiger partial charge in [0.15, 0.2) is 0 Å². The van der Waals surface area contributed by atoms with Crippen molar-refractivity contribution in [1.29, 1.82) is 0 Å². The number of rotatable bonds is 5. The van der Waals surface area contributed by atoms with E-state index in [0.29, 0.717) is 5.88 Å². The average molecular weight is 329 g/mol. The zero-order valence-corrected chi connectivity index (χ0v) is 14.3. The Kier molecular flexibility index (Phi) is 4.58. The Morgan fingerprint density at radius 1 is 1.17 bits per heavy atom. The number of amides is 1. The van der Waals surface area contributed by atoms with Gasteiger partial charge in [-0.2, -0.15) is 0 Å². The monoisotopic (exact) mass is 328 g/mol. The van der Waals surface area contributed by atoms with Crippen molar-refractivity contribution in [3.8, 4) is 0 Å². The van der Waals surface area contributed by atoms with Crippen LogP contribution in [0.1, 0.15) is 41.9 Å². The summed E-state index contributed by atoms with van der Waals surface area (Å²) in [6, 6.07) is 8.23. The van der Waals surface area contributed by atoms with Gasteiger partial charge in [0, 0.05) is 28.5 Å². The molecule has 4 heteroatoms. The molecule has 2 aromatic rings. The zero-order chi connectivity index (χ0) is 16.4.